The summed E-state index contributed by atoms with van der Waals surface area (Å²) in [5.41, 5.74) is 0. The number of hydrogen-bond acceptors (Lipinski definition) is 7. The lowest BCUT2D eigenvalue weighted by atomic mass is 10.4. The molecule has 0 aromatic carbocycles. The number of sulfonamides is 1. The third-order valence-corrected chi connectivity index (χ3v) is 6.98. The minimum absolute atomic E-state index is 0.00900. The molecule has 138 valence electrons. The zero-order valence-electron chi connectivity index (χ0n) is 14.0. The highest BCUT2D eigenvalue weighted by Crippen LogP contribution is 2.20. The van der Waals surface area contributed by atoms with Crippen LogP contribution in [-0.4, -0.2) is 44.6 Å². The maximum atomic E-state index is 12.7. The molecule has 25 heavy (non-hydrogen) atoms. The van der Waals surface area contributed by atoms with Crippen LogP contribution >= 0.6 is 22.7 Å². The molecule has 0 spiro atoms. The van der Waals surface area contributed by atoms with Crippen LogP contribution in [0.5, 0.6) is 0 Å². The smallest absolute Gasteiger partial charge is 0.306 e. The van der Waals surface area contributed by atoms with Gasteiger partial charge in [-0.3, -0.25) is 4.79 Å². The average molecular weight is 403 g/mol. The molecule has 0 unspecified atom stereocenters. The van der Waals surface area contributed by atoms with Crippen molar-refractivity contribution in [3.8, 4) is 0 Å². The molecule has 9 heteroatoms. The van der Waals surface area contributed by atoms with Crippen molar-refractivity contribution in [3.63, 3.8) is 0 Å². The Kier molecular flexibility index (Phi) is 8.04. The van der Waals surface area contributed by atoms with Crippen LogP contribution in [0.4, 0.5) is 0 Å². The van der Waals surface area contributed by atoms with Crippen molar-refractivity contribution in [1.29, 1.82) is 0 Å². The Hall–Kier alpha value is -1.26. The minimum Gasteiger partial charge on any atom is -0.469 e. The number of ether oxygens (including phenoxy) is 1. The summed E-state index contributed by atoms with van der Waals surface area (Å²) in [6, 6.07) is 7.72. The Labute approximate surface area is 156 Å². The number of thiophene rings is 2. The molecule has 0 fully saturated rings. The normalized spacial score (nSPS) is 11.8. The summed E-state index contributed by atoms with van der Waals surface area (Å²) in [6.07, 6.45) is 0.227. The highest BCUT2D eigenvalue weighted by molar-refractivity contribution is 7.89. The van der Waals surface area contributed by atoms with Gasteiger partial charge < -0.3 is 10.1 Å². The fourth-order valence-electron chi connectivity index (χ4n) is 2.15. The van der Waals surface area contributed by atoms with Crippen LogP contribution in [0.3, 0.4) is 0 Å². The SMILES string of the molecule is COC(=O)CCNCCS(=O)(=O)N(Cc1cccs1)Cc1cccs1. The molecule has 2 aromatic heterocycles. The molecule has 0 aliphatic heterocycles. The van der Waals surface area contributed by atoms with Crippen molar-refractivity contribution < 1.29 is 17.9 Å². The van der Waals surface area contributed by atoms with Gasteiger partial charge in [0.05, 0.1) is 19.3 Å². The highest BCUT2D eigenvalue weighted by Gasteiger charge is 2.23. The molecule has 0 saturated carbocycles. The topological polar surface area (TPSA) is 75.7 Å². The van der Waals surface area contributed by atoms with Gasteiger partial charge in [-0.15, -0.1) is 22.7 Å². The van der Waals surface area contributed by atoms with Crippen LogP contribution in [0.1, 0.15) is 16.2 Å². The van der Waals surface area contributed by atoms with Gasteiger partial charge in [-0.1, -0.05) is 12.1 Å². The second-order valence-electron chi connectivity index (χ2n) is 5.32. The summed E-state index contributed by atoms with van der Waals surface area (Å²) in [5.74, 6) is -0.322. The molecular formula is C16H22N2O4S3. The van der Waals surface area contributed by atoms with Gasteiger partial charge in [0.1, 0.15) is 0 Å². The fourth-order valence-corrected chi connectivity index (χ4v) is 5.09. The predicted octanol–water partition coefficient (Wildman–Crippen LogP) is 2.29. The number of nitrogens with zero attached hydrogens (tertiary/aromatic N) is 1. The minimum atomic E-state index is -3.41. The van der Waals surface area contributed by atoms with E-state index in [0.717, 1.165) is 9.75 Å². The third-order valence-electron chi connectivity index (χ3n) is 3.49. The molecule has 0 aliphatic rings. The van der Waals surface area contributed by atoms with E-state index in [1.807, 2.05) is 35.0 Å². The highest BCUT2D eigenvalue weighted by atomic mass is 32.2. The van der Waals surface area contributed by atoms with Crippen molar-refractivity contribution in [3.05, 3.63) is 44.8 Å². The lowest BCUT2D eigenvalue weighted by Gasteiger charge is -2.21. The zero-order valence-corrected chi connectivity index (χ0v) is 16.5. The van der Waals surface area contributed by atoms with E-state index in [4.69, 9.17) is 0 Å². The van der Waals surface area contributed by atoms with Crippen LogP contribution in [0.2, 0.25) is 0 Å². The van der Waals surface area contributed by atoms with Gasteiger partial charge in [-0.2, -0.15) is 4.31 Å². The number of methoxy groups -OCH3 is 1. The number of esters is 1. The lowest BCUT2D eigenvalue weighted by Crippen LogP contribution is -2.35. The van der Waals surface area contributed by atoms with E-state index in [2.05, 4.69) is 10.1 Å². The van der Waals surface area contributed by atoms with Gasteiger partial charge in [0.15, 0.2) is 0 Å². The summed E-state index contributed by atoms with van der Waals surface area (Å²) in [7, 11) is -2.08. The maximum absolute atomic E-state index is 12.7. The van der Waals surface area contributed by atoms with E-state index in [9.17, 15) is 13.2 Å². The summed E-state index contributed by atoms with van der Waals surface area (Å²) in [6.45, 7) is 1.45. The van der Waals surface area contributed by atoms with E-state index in [1.165, 1.54) is 11.4 Å². The average Bonchev–Trinajstić information content (AvgIpc) is 3.27. The van der Waals surface area contributed by atoms with E-state index in [0.29, 0.717) is 26.2 Å². The molecule has 0 bridgehead atoms. The van der Waals surface area contributed by atoms with Gasteiger partial charge >= 0.3 is 5.97 Å². The van der Waals surface area contributed by atoms with Crippen LogP contribution in [0.15, 0.2) is 35.0 Å². The largest absolute Gasteiger partial charge is 0.469 e. The first kappa shape index (κ1) is 20.1. The fraction of sp³-hybridized carbons (Fsp3) is 0.438. The zero-order chi connectivity index (χ0) is 18.1. The van der Waals surface area contributed by atoms with Crippen LogP contribution in [0, 0.1) is 0 Å². The van der Waals surface area contributed by atoms with Gasteiger partial charge in [-0.25, -0.2) is 8.42 Å². The van der Waals surface area contributed by atoms with E-state index < -0.39 is 10.0 Å². The van der Waals surface area contributed by atoms with E-state index in [1.54, 1.807) is 22.7 Å². The maximum Gasteiger partial charge on any atom is 0.306 e. The molecule has 2 rings (SSSR count). The Morgan fingerprint density at radius 3 is 2.20 bits per heavy atom. The second kappa shape index (κ2) is 10.0. The first-order chi connectivity index (χ1) is 12.0. The first-order valence-electron chi connectivity index (χ1n) is 7.81. The number of carbonyl (C=O) groups is 1. The molecule has 2 aromatic rings. The Balaban J connectivity index is 1.92. The Bertz CT molecular complexity index is 691. The van der Waals surface area contributed by atoms with Gasteiger partial charge in [0, 0.05) is 35.9 Å². The number of nitrogens with one attached hydrogen (secondary N) is 1. The number of rotatable bonds is 11. The third kappa shape index (κ3) is 6.87. The van der Waals surface area contributed by atoms with Crippen molar-refractivity contribution >= 4 is 38.7 Å². The molecule has 0 saturated heterocycles. The van der Waals surface area contributed by atoms with Gasteiger partial charge in [-0.05, 0) is 22.9 Å². The quantitative estimate of drug-likeness (QED) is 0.461. The Morgan fingerprint density at radius 1 is 1.12 bits per heavy atom. The monoisotopic (exact) mass is 402 g/mol. The van der Waals surface area contributed by atoms with Crippen molar-refractivity contribution in [2.75, 3.05) is 26.0 Å². The van der Waals surface area contributed by atoms with Crippen LogP contribution in [-0.2, 0) is 32.6 Å². The summed E-state index contributed by atoms with van der Waals surface area (Å²) in [4.78, 5) is 13.1. The molecule has 0 aliphatic carbocycles. The molecule has 0 amide bonds. The molecule has 0 radical (unpaired) electrons. The number of hydrogen-bond donors (Lipinski definition) is 1. The second-order valence-corrected chi connectivity index (χ2v) is 9.47. The molecule has 1 N–H and O–H groups in total. The van der Waals surface area contributed by atoms with Crippen molar-refractivity contribution in [2.24, 2.45) is 0 Å². The van der Waals surface area contributed by atoms with Gasteiger partial charge in [0.25, 0.3) is 0 Å². The van der Waals surface area contributed by atoms with Crippen molar-refractivity contribution in [1.82, 2.24) is 9.62 Å². The summed E-state index contributed by atoms with van der Waals surface area (Å²) in [5, 5.41) is 6.87. The van der Waals surface area contributed by atoms with Crippen LogP contribution in [0.25, 0.3) is 0 Å². The summed E-state index contributed by atoms with van der Waals surface area (Å²) < 4.78 is 31.6. The number of carbonyl (C=O) groups excluding carboxylic acids is 1. The molecular weight excluding hydrogens is 380 g/mol. The van der Waals surface area contributed by atoms with E-state index >= 15 is 0 Å². The first-order valence-corrected chi connectivity index (χ1v) is 11.2. The van der Waals surface area contributed by atoms with E-state index in [-0.39, 0.29) is 18.1 Å². The van der Waals surface area contributed by atoms with Gasteiger partial charge in [0.2, 0.25) is 10.0 Å². The van der Waals surface area contributed by atoms with Crippen LogP contribution < -0.4 is 5.32 Å². The summed E-state index contributed by atoms with van der Waals surface area (Å²) >= 11 is 3.10. The Morgan fingerprint density at radius 2 is 1.72 bits per heavy atom. The molecule has 6 nitrogen and oxygen atoms in total. The lowest BCUT2D eigenvalue weighted by molar-refractivity contribution is -0.140. The predicted molar refractivity (Wildman–Crippen MR) is 101 cm³/mol. The molecule has 0 atom stereocenters. The van der Waals surface area contributed by atoms with Crippen molar-refractivity contribution in [2.45, 2.75) is 19.5 Å². The standard InChI is InChI=1S/C16H22N2O4S3/c1-22-16(19)6-7-17-8-11-25(20,21)18(12-14-4-2-9-23-14)13-15-5-3-10-24-15/h2-5,9-10,17H,6-8,11-13H2,1H3. The molecule has 2 heterocycles.